The van der Waals surface area contributed by atoms with E-state index in [1.54, 1.807) is 30.0 Å². The maximum absolute atomic E-state index is 11.8. The quantitative estimate of drug-likeness (QED) is 0.480. The highest BCUT2D eigenvalue weighted by molar-refractivity contribution is 5.92. The lowest BCUT2D eigenvalue weighted by atomic mass is 10.0. The lowest BCUT2D eigenvalue weighted by Crippen LogP contribution is -2.19. The summed E-state index contributed by atoms with van der Waals surface area (Å²) in [6, 6.07) is 2.89. The van der Waals surface area contributed by atoms with Gasteiger partial charge in [-0.2, -0.15) is 0 Å². The van der Waals surface area contributed by atoms with E-state index >= 15 is 0 Å². The molecule has 1 fully saturated rings. The summed E-state index contributed by atoms with van der Waals surface area (Å²) < 4.78 is 11.9. The molecule has 1 aromatic heterocycles. The Bertz CT molecular complexity index is 809. The van der Waals surface area contributed by atoms with Crippen molar-refractivity contribution in [2.24, 2.45) is 0 Å². The highest BCUT2D eigenvalue weighted by atomic mass is 16.6. The number of aromatic nitrogens is 2. The molecule has 1 aliphatic rings. The second kappa shape index (κ2) is 7.02. The normalized spacial score (nSPS) is 17.3. The number of methoxy groups -OCH3 is 1. The lowest BCUT2D eigenvalue weighted by molar-refractivity contribution is -0.384. The average molecular weight is 345 g/mol. The van der Waals surface area contributed by atoms with Crippen LogP contribution in [0.1, 0.15) is 40.5 Å². The number of hydrogen-bond acceptors (Lipinski definition) is 6. The Balaban J connectivity index is 2.11. The molecule has 0 aliphatic carbocycles. The first-order chi connectivity index (χ1) is 12.0. The number of esters is 1. The van der Waals surface area contributed by atoms with Gasteiger partial charge in [0.1, 0.15) is 11.5 Å². The largest absolute Gasteiger partial charge is 0.465 e. The molecule has 1 aliphatic heterocycles. The topological polar surface area (TPSA) is 96.5 Å². The molecule has 1 atom stereocenters. The van der Waals surface area contributed by atoms with Crippen molar-refractivity contribution in [1.82, 2.24) is 9.55 Å². The molecule has 8 nitrogen and oxygen atoms in total. The lowest BCUT2D eigenvalue weighted by Gasteiger charge is -2.22. The Morgan fingerprint density at radius 2 is 2.28 bits per heavy atom. The second-order valence-electron chi connectivity index (χ2n) is 5.97. The van der Waals surface area contributed by atoms with Gasteiger partial charge in [0.05, 0.1) is 24.2 Å². The van der Waals surface area contributed by atoms with Crippen LogP contribution in [0.25, 0.3) is 5.69 Å². The first-order valence-electron chi connectivity index (χ1n) is 8.01. The Hall–Kier alpha value is -2.74. The maximum atomic E-state index is 11.8. The third kappa shape index (κ3) is 3.25. The van der Waals surface area contributed by atoms with E-state index < -0.39 is 10.9 Å². The molecular formula is C17H19N3O5. The van der Waals surface area contributed by atoms with Gasteiger partial charge >= 0.3 is 5.97 Å². The van der Waals surface area contributed by atoms with E-state index in [9.17, 15) is 14.9 Å². The van der Waals surface area contributed by atoms with Crippen LogP contribution in [0.3, 0.4) is 0 Å². The number of benzene rings is 1. The predicted molar refractivity (Wildman–Crippen MR) is 89.1 cm³/mol. The van der Waals surface area contributed by atoms with Gasteiger partial charge in [-0.05, 0) is 31.4 Å². The first-order valence-corrected chi connectivity index (χ1v) is 8.01. The van der Waals surface area contributed by atoms with Crippen molar-refractivity contribution in [3.8, 4) is 5.69 Å². The van der Waals surface area contributed by atoms with Gasteiger partial charge in [0.25, 0.3) is 5.69 Å². The molecule has 0 spiro atoms. The number of nitro benzene ring substituents is 1. The molecule has 1 saturated heterocycles. The van der Waals surface area contributed by atoms with Crippen LogP contribution < -0.4 is 0 Å². The van der Waals surface area contributed by atoms with E-state index in [0.717, 1.165) is 25.3 Å². The minimum atomic E-state index is -0.598. The minimum Gasteiger partial charge on any atom is -0.465 e. The number of aryl methyl sites for hydroxylation is 1. The van der Waals surface area contributed by atoms with Crippen molar-refractivity contribution >= 4 is 11.7 Å². The van der Waals surface area contributed by atoms with Gasteiger partial charge in [-0.15, -0.1) is 0 Å². The average Bonchev–Trinajstić information content (AvgIpc) is 3.11. The van der Waals surface area contributed by atoms with E-state index in [1.807, 2.05) is 0 Å². The first kappa shape index (κ1) is 17.1. The van der Waals surface area contributed by atoms with Crippen LogP contribution in [0.2, 0.25) is 0 Å². The third-order valence-corrected chi connectivity index (χ3v) is 4.38. The standard InChI is InChI=1S/C17H19N3O5/c1-11-8-14(15(20(22)23)9-13(11)17(21)24-2)19-6-5-18-16(19)12-4-3-7-25-10-12/h5-6,8-9,12H,3-4,7,10H2,1-2H3. The van der Waals surface area contributed by atoms with E-state index in [0.29, 0.717) is 17.9 Å². The van der Waals surface area contributed by atoms with Crippen molar-refractivity contribution in [2.75, 3.05) is 20.3 Å². The van der Waals surface area contributed by atoms with Crippen LogP contribution in [0, 0.1) is 17.0 Å². The van der Waals surface area contributed by atoms with E-state index in [4.69, 9.17) is 9.47 Å². The van der Waals surface area contributed by atoms with Gasteiger partial charge < -0.3 is 9.47 Å². The fourth-order valence-corrected chi connectivity index (χ4v) is 3.12. The van der Waals surface area contributed by atoms with Crippen LogP contribution in [-0.2, 0) is 9.47 Å². The summed E-state index contributed by atoms with van der Waals surface area (Å²) >= 11 is 0. The molecule has 0 radical (unpaired) electrons. The monoisotopic (exact) mass is 345 g/mol. The van der Waals surface area contributed by atoms with Crippen LogP contribution in [-0.4, -0.2) is 40.8 Å². The van der Waals surface area contributed by atoms with Gasteiger partial charge in [-0.3, -0.25) is 14.7 Å². The molecule has 1 aromatic carbocycles. The number of ether oxygens (including phenoxy) is 2. The van der Waals surface area contributed by atoms with E-state index in [2.05, 4.69) is 4.98 Å². The van der Waals surface area contributed by atoms with Gasteiger partial charge in [-0.1, -0.05) is 0 Å². The van der Waals surface area contributed by atoms with Crippen LogP contribution in [0.15, 0.2) is 24.5 Å². The highest BCUT2D eigenvalue weighted by Gasteiger charge is 2.26. The number of carbonyl (C=O) groups excluding carboxylic acids is 1. The van der Waals surface area contributed by atoms with Gasteiger partial charge in [0.2, 0.25) is 0 Å². The molecule has 0 saturated carbocycles. The molecule has 1 unspecified atom stereocenters. The molecule has 8 heteroatoms. The van der Waals surface area contributed by atoms with E-state index in [1.165, 1.54) is 13.2 Å². The molecule has 3 rings (SSSR count). The molecule has 132 valence electrons. The highest BCUT2D eigenvalue weighted by Crippen LogP contribution is 2.32. The Morgan fingerprint density at radius 1 is 1.48 bits per heavy atom. The van der Waals surface area contributed by atoms with Gasteiger partial charge in [0.15, 0.2) is 0 Å². The fraction of sp³-hybridized carbons (Fsp3) is 0.412. The fourth-order valence-electron chi connectivity index (χ4n) is 3.12. The molecule has 0 bridgehead atoms. The number of nitrogens with zero attached hydrogens (tertiary/aromatic N) is 3. The summed E-state index contributed by atoms with van der Waals surface area (Å²) in [5, 5.41) is 11.6. The van der Waals surface area contributed by atoms with Crippen molar-refractivity contribution < 1.29 is 19.2 Å². The number of nitro groups is 1. The van der Waals surface area contributed by atoms with E-state index in [-0.39, 0.29) is 17.2 Å². The number of hydrogen-bond donors (Lipinski definition) is 0. The van der Waals surface area contributed by atoms with Crippen LogP contribution in [0.4, 0.5) is 5.69 Å². The molecule has 25 heavy (non-hydrogen) atoms. The number of imidazole rings is 1. The van der Waals surface area contributed by atoms with Crippen molar-refractivity contribution in [2.45, 2.75) is 25.7 Å². The van der Waals surface area contributed by atoms with Crippen molar-refractivity contribution in [3.05, 3.63) is 51.6 Å². The summed E-state index contributed by atoms with van der Waals surface area (Å²) in [7, 11) is 1.25. The summed E-state index contributed by atoms with van der Waals surface area (Å²) in [5.74, 6) is 0.218. The number of carbonyl (C=O) groups is 1. The minimum absolute atomic E-state index is 0.0870. The zero-order valence-electron chi connectivity index (χ0n) is 14.1. The Morgan fingerprint density at radius 3 is 2.92 bits per heavy atom. The van der Waals surface area contributed by atoms with Gasteiger partial charge in [-0.25, -0.2) is 9.78 Å². The second-order valence-corrected chi connectivity index (χ2v) is 5.97. The Kier molecular flexibility index (Phi) is 4.80. The summed E-state index contributed by atoms with van der Waals surface area (Å²) in [4.78, 5) is 27.3. The van der Waals surface area contributed by atoms with Crippen molar-refractivity contribution in [3.63, 3.8) is 0 Å². The number of rotatable bonds is 4. The van der Waals surface area contributed by atoms with Crippen molar-refractivity contribution in [1.29, 1.82) is 0 Å². The molecule has 2 aromatic rings. The smallest absolute Gasteiger partial charge is 0.338 e. The third-order valence-electron chi connectivity index (χ3n) is 4.38. The van der Waals surface area contributed by atoms with Crippen LogP contribution >= 0.6 is 0 Å². The Labute approximate surface area is 144 Å². The zero-order valence-corrected chi connectivity index (χ0v) is 14.1. The van der Waals surface area contributed by atoms with Crippen LogP contribution in [0.5, 0.6) is 0 Å². The summed E-state index contributed by atoms with van der Waals surface area (Å²) in [5.41, 5.74) is 1.00. The zero-order chi connectivity index (χ0) is 18.0. The molecular weight excluding hydrogens is 326 g/mol. The molecule has 0 N–H and O–H groups in total. The molecule has 0 amide bonds. The predicted octanol–water partition coefficient (Wildman–Crippen LogP) is 2.77. The molecule has 2 heterocycles. The maximum Gasteiger partial charge on any atom is 0.338 e. The SMILES string of the molecule is COC(=O)c1cc([N+](=O)[O-])c(-n2ccnc2C2CCCOC2)cc1C. The summed E-state index contributed by atoms with van der Waals surface area (Å²) in [6.45, 7) is 2.99. The summed E-state index contributed by atoms with van der Waals surface area (Å²) in [6.07, 6.45) is 5.17. The van der Waals surface area contributed by atoms with Gasteiger partial charge in [0, 0.05) is 31.0 Å².